The average Bonchev–Trinajstić information content (AvgIpc) is 2.39. The molecule has 1 fully saturated rings. The minimum absolute atomic E-state index is 0.158. The Kier molecular flexibility index (Phi) is 5.99. The third-order valence-electron chi connectivity index (χ3n) is 4.68. The van der Waals surface area contributed by atoms with Gasteiger partial charge >= 0.3 is 0 Å². The first-order valence-corrected chi connectivity index (χ1v) is 7.92. The maximum absolute atomic E-state index is 13.2. The summed E-state index contributed by atoms with van der Waals surface area (Å²) in [5, 5.41) is 0. The van der Waals surface area contributed by atoms with E-state index in [9.17, 15) is 4.39 Å². The molecule has 0 saturated heterocycles. The lowest BCUT2D eigenvalue weighted by Gasteiger charge is -2.28. The van der Waals surface area contributed by atoms with Crippen LogP contribution in [0.4, 0.5) is 4.39 Å². The van der Waals surface area contributed by atoms with Crippen LogP contribution in [0.15, 0.2) is 18.2 Å². The highest BCUT2D eigenvalue weighted by molar-refractivity contribution is 5.27. The summed E-state index contributed by atoms with van der Waals surface area (Å²) in [6.07, 6.45) is 10.1. The van der Waals surface area contributed by atoms with Crippen molar-refractivity contribution >= 4 is 0 Å². The average molecular weight is 278 g/mol. The first-order chi connectivity index (χ1) is 9.70. The van der Waals surface area contributed by atoms with E-state index in [-0.39, 0.29) is 5.82 Å². The van der Waals surface area contributed by atoms with Gasteiger partial charge in [0.2, 0.25) is 0 Å². The van der Waals surface area contributed by atoms with E-state index >= 15 is 0 Å². The van der Waals surface area contributed by atoms with Crippen molar-refractivity contribution in [2.24, 2.45) is 11.8 Å². The van der Waals surface area contributed by atoms with Gasteiger partial charge in [-0.2, -0.15) is 0 Å². The molecule has 1 unspecified atom stereocenters. The van der Waals surface area contributed by atoms with E-state index in [1.54, 1.807) is 12.1 Å². The van der Waals surface area contributed by atoms with Crippen LogP contribution in [-0.2, 0) is 6.42 Å². The fraction of sp³-hybridized carbons (Fsp3) is 0.647. The number of aryl methyl sites for hydroxylation is 1. The smallest absolute Gasteiger partial charge is 0.123 e. The zero-order valence-electron chi connectivity index (χ0n) is 12.5. The Balaban J connectivity index is 2.03. The van der Waals surface area contributed by atoms with Gasteiger partial charge in [0.05, 0.1) is 0 Å². The van der Waals surface area contributed by atoms with Crippen molar-refractivity contribution in [3.05, 3.63) is 35.1 Å². The molecule has 112 valence electrons. The van der Waals surface area contributed by atoms with Gasteiger partial charge < -0.3 is 0 Å². The molecule has 1 saturated carbocycles. The van der Waals surface area contributed by atoms with Crippen LogP contribution >= 0.6 is 0 Å². The number of hydrogen-bond donors (Lipinski definition) is 2. The van der Waals surface area contributed by atoms with Crippen LogP contribution in [0, 0.1) is 18.7 Å². The lowest BCUT2D eigenvalue weighted by molar-refractivity contribution is 0.285. The van der Waals surface area contributed by atoms with Crippen molar-refractivity contribution in [2.45, 2.75) is 64.3 Å². The Morgan fingerprint density at radius 3 is 2.45 bits per heavy atom. The summed E-state index contributed by atoms with van der Waals surface area (Å²) in [6, 6.07) is 5.37. The summed E-state index contributed by atoms with van der Waals surface area (Å²) < 4.78 is 13.2. The number of nitrogens with one attached hydrogen (secondary N) is 1. The minimum atomic E-state index is -0.158. The number of hydrazine groups is 1. The van der Waals surface area contributed by atoms with Crippen molar-refractivity contribution in [3.63, 3.8) is 0 Å². The quantitative estimate of drug-likeness (QED) is 0.648. The molecule has 0 aliphatic heterocycles. The highest BCUT2D eigenvalue weighted by Crippen LogP contribution is 2.27. The van der Waals surface area contributed by atoms with Gasteiger partial charge in [-0.1, -0.05) is 38.2 Å². The second-order valence-electron chi connectivity index (χ2n) is 6.15. The number of hydrogen-bond acceptors (Lipinski definition) is 2. The number of halogens is 1. The van der Waals surface area contributed by atoms with Gasteiger partial charge in [-0.05, 0) is 55.4 Å². The Labute approximate surface area is 121 Å². The lowest BCUT2D eigenvalue weighted by Crippen LogP contribution is -2.42. The molecule has 2 nitrogen and oxygen atoms in total. The summed E-state index contributed by atoms with van der Waals surface area (Å²) >= 11 is 0. The standard InChI is InChI=1S/C17H27FN2/c1-13-11-16(18)10-9-15(13)12-17(20-19)14-7-5-3-2-4-6-8-14/h9-11,14,17,20H,2-8,12,19H2,1H3. The molecule has 0 radical (unpaired) electrons. The Bertz CT molecular complexity index is 411. The summed E-state index contributed by atoms with van der Waals surface area (Å²) in [5.41, 5.74) is 5.25. The van der Waals surface area contributed by atoms with Gasteiger partial charge in [0.15, 0.2) is 0 Å². The van der Waals surface area contributed by atoms with E-state index in [1.807, 2.05) is 13.0 Å². The van der Waals surface area contributed by atoms with E-state index in [0.717, 1.165) is 12.0 Å². The molecule has 1 aromatic rings. The minimum Gasteiger partial charge on any atom is -0.271 e. The first kappa shape index (κ1) is 15.5. The fourth-order valence-electron chi connectivity index (χ4n) is 3.38. The molecule has 3 N–H and O–H groups in total. The summed E-state index contributed by atoms with van der Waals surface area (Å²) in [5.74, 6) is 6.28. The van der Waals surface area contributed by atoms with E-state index in [1.165, 1.54) is 50.5 Å². The maximum Gasteiger partial charge on any atom is 0.123 e. The van der Waals surface area contributed by atoms with Crippen molar-refractivity contribution in [1.29, 1.82) is 0 Å². The van der Waals surface area contributed by atoms with Crippen LogP contribution in [-0.4, -0.2) is 6.04 Å². The highest BCUT2D eigenvalue weighted by Gasteiger charge is 2.22. The Morgan fingerprint density at radius 2 is 1.85 bits per heavy atom. The first-order valence-electron chi connectivity index (χ1n) is 7.92. The second-order valence-corrected chi connectivity index (χ2v) is 6.15. The van der Waals surface area contributed by atoms with E-state index < -0.39 is 0 Å². The molecule has 0 aromatic heterocycles. The topological polar surface area (TPSA) is 38.0 Å². The van der Waals surface area contributed by atoms with Crippen LogP contribution in [0.1, 0.15) is 56.1 Å². The molecule has 20 heavy (non-hydrogen) atoms. The molecule has 1 atom stereocenters. The van der Waals surface area contributed by atoms with Gasteiger partial charge in [-0.25, -0.2) is 4.39 Å². The van der Waals surface area contributed by atoms with Gasteiger partial charge in [0, 0.05) is 6.04 Å². The van der Waals surface area contributed by atoms with E-state index in [4.69, 9.17) is 5.84 Å². The number of rotatable bonds is 4. The van der Waals surface area contributed by atoms with Crippen LogP contribution in [0.25, 0.3) is 0 Å². The monoisotopic (exact) mass is 278 g/mol. The Hall–Kier alpha value is -0.930. The molecule has 0 amide bonds. The van der Waals surface area contributed by atoms with Gasteiger partial charge in [-0.3, -0.25) is 11.3 Å². The molecule has 2 rings (SSSR count). The van der Waals surface area contributed by atoms with Gasteiger partial charge in [0.25, 0.3) is 0 Å². The van der Waals surface area contributed by atoms with Crippen LogP contribution < -0.4 is 11.3 Å². The molecule has 0 spiro atoms. The predicted molar refractivity (Wildman–Crippen MR) is 81.8 cm³/mol. The lowest BCUT2D eigenvalue weighted by atomic mass is 9.83. The predicted octanol–water partition coefficient (Wildman–Crippen LogP) is 3.87. The van der Waals surface area contributed by atoms with Gasteiger partial charge in [0.1, 0.15) is 5.82 Å². The fourth-order valence-corrected chi connectivity index (χ4v) is 3.38. The zero-order valence-corrected chi connectivity index (χ0v) is 12.5. The largest absolute Gasteiger partial charge is 0.271 e. The SMILES string of the molecule is Cc1cc(F)ccc1CC(NN)C1CCCCCCC1. The summed E-state index contributed by atoms with van der Waals surface area (Å²) in [4.78, 5) is 0. The molecule has 0 heterocycles. The molecule has 1 aliphatic rings. The highest BCUT2D eigenvalue weighted by atomic mass is 19.1. The normalized spacial score (nSPS) is 19.4. The summed E-state index contributed by atoms with van der Waals surface area (Å²) in [6.45, 7) is 1.98. The van der Waals surface area contributed by atoms with Gasteiger partial charge in [-0.15, -0.1) is 0 Å². The third-order valence-corrected chi connectivity index (χ3v) is 4.68. The summed E-state index contributed by atoms with van der Waals surface area (Å²) in [7, 11) is 0. The maximum atomic E-state index is 13.2. The van der Waals surface area contributed by atoms with Crippen LogP contribution in [0.3, 0.4) is 0 Å². The third kappa shape index (κ3) is 4.29. The molecule has 0 bridgehead atoms. The molecular weight excluding hydrogens is 251 g/mol. The Morgan fingerprint density at radius 1 is 1.20 bits per heavy atom. The molecule has 1 aromatic carbocycles. The number of nitrogens with two attached hydrogens (primary N) is 1. The van der Waals surface area contributed by atoms with E-state index in [2.05, 4.69) is 5.43 Å². The van der Waals surface area contributed by atoms with Crippen molar-refractivity contribution in [3.8, 4) is 0 Å². The number of benzene rings is 1. The molecule has 3 heteroatoms. The van der Waals surface area contributed by atoms with Crippen LogP contribution in [0.2, 0.25) is 0 Å². The zero-order chi connectivity index (χ0) is 14.4. The van der Waals surface area contributed by atoms with E-state index in [0.29, 0.717) is 12.0 Å². The van der Waals surface area contributed by atoms with Crippen molar-refractivity contribution in [1.82, 2.24) is 5.43 Å². The van der Waals surface area contributed by atoms with Crippen molar-refractivity contribution in [2.75, 3.05) is 0 Å². The van der Waals surface area contributed by atoms with Crippen LogP contribution in [0.5, 0.6) is 0 Å². The van der Waals surface area contributed by atoms with Crippen molar-refractivity contribution < 1.29 is 4.39 Å². The molecular formula is C17H27FN2. The molecule has 1 aliphatic carbocycles. The second kappa shape index (κ2) is 7.75.